The van der Waals surface area contributed by atoms with Crippen molar-refractivity contribution in [3.63, 3.8) is 0 Å². The molecule has 2 amide bonds. The van der Waals surface area contributed by atoms with Crippen LogP contribution in [-0.4, -0.2) is 30.4 Å². The average Bonchev–Trinajstić information content (AvgIpc) is 3.05. The molecule has 1 rings (SSSR count). The number of nitrogens with two attached hydrogens (primary N) is 1. The van der Waals surface area contributed by atoms with Crippen molar-refractivity contribution in [1.29, 1.82) is 0 Å². The summed E-state index contributed by atoms with van der Waals surface area (Å²) >= 11 is 0. The molecule has 18 heavy (non-hydrogen) atoms. The Bertz CT molecular complexity index is 306. The van der Waals surface area contributed by atoms with Gasteiger partial charge >= 0.3 is 0 Å². The van der Waals surface area contributed by atoms with Crippen LogP contribution < -0.4 is 16.4 Å². The molecule has 104 valence electrons. The van der Waals surface area contributed by atoms with Crippen molar-refractivity contribution in [1.82, 2.24) is 10.6 Å². The molecule has 0 aliphatic heterocycles. The maximum atomic E-state index is 11.7. The van der Waals surface area contributed by atoms with Gasteiger partial charge in [-0.25, -0.2) is 0 Å². The second-order valence-electron chi connectivity index (χ2n) is 6.08. The minimum Gasteiger partial charge on any atom is -0.355 e. The fourth-order valence-electron chi connectivity index (χ4n) is 1.49. The summed E-state index contributed by atoms with van der Waals surface area (Å²) in [6, 6.07) is -0.112. The number of amides is 2. The molecule has 5 heteroatoms. The Balaban J connectivity index is 2.09. The largest absolute Gasteiger partial charge is 0.355 e. The van der Waals surface area contributed by atoms with Gasteiger partial charge in [0.25, 0.3) is 0 Å². The van der Waals surface area contributed by atoms with E-state index in [0.29, 0.717) is 25.4 Å². The molecule has 0 aromatic carbocycles. The zero-order valence-corrected chi connectivity index (χ0v) is 11.6. The zero-order chi connectivity index (χ0) is 13.8. The van der Waals surface area contributed by atoms with Crippen LogP contribution in [0.4, 0.5) is 0 Å². The van der Waals surface area contributed by atoms with Gasteiger partial charge in [-0.2, -0.15) is 0 Å². The topological polar surface area (TPSA) is 84.2 Å². The van der Waals surface area contributed by atoms with Crippen molar-refractivity contribution in [3.8, 4) is 0 Å². The van der Waals surface area contributed by atoms with Gasteiger partial charge in [0.1, 0.15) is 0 Å². The van der Waals surface area contributed by atoms with Gasteiger partial charge in [0.05, 0.1) is 6.04 Å². The highest BCUT2D eigenvalue weighted by atomic mass is 16.2. The van der Waals surface area contributed by atoms with Gasteiger partial charge in [0, 0.05) is 19.0 Å². The van der Waals surface area contributed by atoms with Crippen LogP contribution in [0, 0.1) is 5.41 Å². The van der Waals surface area contributed by atoms with E-state index in [1.165, 1.54) is 0 Å². The minimum atomic E-state index is -0.516. The SMILES string of the molecule is CC(C)(C)[C@@H](N)C(=O)NCCCC(=O)NC1CC1. The van der Waals surface area contributed by atoms with Crippen LogP contribution in [0.25, 0.3) is 0 Å². The van der Waals surface area contributed by atoms with E-state index < -0.39 is 6.04 Å². The lowest BCUT2D eigenvalue weighted by Crippen LogP contribution is -2.48. The Morgan fingerprint density at radius 2 is 1.94 bits per heavy atom. The average molecular weight is 255 g/mol. The molecule has 0 aromatic heterocycles. The highest BCUT2D eigenvalue weighted by molar-refractivity contribution is 5.82. The molecule has 0 heterocycles. The van der Waals surface area contributed by atoms with Gasteiger partial charge in [-0.3, -0.25) is 9.59 Å². The van der Waals surface area contributed by atoms with Gasteiger partial charge in [0.15, 0.2) is 0 Å². The van der Waals surface area contributed by atoms with Crippen LogP contribution in [0.5, 0.6) is 0 Å². The van der Waals surface area contributed by atoms with E-state index in [1.807, 2.05) is 20.8 Å². The third kappa shape index (κ3) is 5.49. The highest BCUT2D eigenvalue weighted by Gasteiger charge is 2.27. The summed E-state index contributed by atoms with van der Waals surface area (Å²) in [5.74, 6) is -0.0723. The Labute approximate surface area is 109 Å². The van der Waals surface area contributed by atoms with Crippen molar-refractivity contribution in [2.24, 2.45) is 11.1 Å². The van der Waals surface area contributed by atoms with Gasteiger partial charge < -0.3 is 16.4 Å². The summed E-state index contributed by atoms with van der Waals surface area (Å²) in [6.45, 7) is 6.29. The monoisotopic (exact) mass is 255 g/mol. The van der Waals surface area contributed by atoms with E-state index in [9.17, 15) is 9.59 Å². The molecular formula is C13H25N3O2. The van der Waals surface area contributed by atoms with E-state index in [2.05, 4.69) is 10.6 Å². The standard InChI is InChI=1S/C13H25N3O2/c1-13(2,3)11(14)12(18)15-8-4-5-10(17)16-9-6-7-9/h9,11H,4-8,14H2,1-3H3,(H,15,18)(H,16,17)/t11-/m0/s1. The second-order valence-corrected chi connectivity index (χ2v) is 6.08. The molecule has 0 bridgehead atoms. The molecule has 1 aliphatic rings. The predicted octanol–water partition coefficient (Wildman–Crippen LogP) is 0.535. The van der Waals surface area contributed by atoms with Gasteiger partial charge in [-0.15, -0.1) is 0 Å². The van der Waals surface area contributed by atoms with Crippen molar-refractivity contribution < 1.29 is 9.59 Å². The van der Waals surface area contributed by atoms with Gasteiger partial charge in [-0.1, -0.05) is 20.8 Å². The Kier molecular flexibility index (Phi) is 5.14. The second kappa shape index (κ2) is 6.18. The van der Waals surface area contributed by atoms with Crippen molar-refractivity contribution in [2.75, 3.05) is 6.54 Å². The van der Waals surface area contributed by atoms with Gasteiger partial charge in [-0.05, 0) is 24.7 Å². The number of hydrogen-bond donors (Lipinski definition) is 3. The van der Waals surface area contributed by atoms with Crippen molar-refractivity contribution >= 4 is 11.8 Å². The number of carbonyl (C=O) groups excluding carboxylic acids is 2. The Morgan fingerprint density at radius 1 is 1.33 bits per heavy atom. The molecule has 0 aromatic rings. The number of hydrogen-bond acceptors (Lipinski definition) is 3. The molecule has 0 spiro atoms. The lowest BCUT2D eigenvalue weighted by molar-refractivity contribution is -0.125. The zero-order valence-electron chi connectivity index (χ0n) is 11.6. The predicted molar refractivity (Wildman–Crippen MR) is 70.8 cm³/mol. The lowest BCUT2D eigenvalue weighted by atomic mass is 9.87. The first-order chi connectivity index (χ1) is 8.30. The fraction of sp³-hybridized carbons (Fsp3) is 0.846. The van der Waals surface area contributed by atoms with Crippen LogP contribution in [0.15, 0.2) is 0 Å². The number of rotatable bonds is 6. The Morgan fingerprint density at radius 3 is 2.44 bits per heavy atom. The van der Waals surface area contributed by atoms with E-state index in [-0.39, 0.29) is 17.2 Å². The molecular weight excluding hydrogens is 230 g/mol. The van der Waals surface area contributed by atoms with Crippen LogP contribution in [0.1, 0.15) is 46.5 Å². The number of carbonyl (C=O) groups is 2. The van der Waals surface area contributed by atoms with Crippen LogP contribution in [-0.2, 0) is 9.59 Å². The maximum absolute atomic E-state index is 11.7. The smallest absolute Gasteiger partial charge is 0.237 e. The summed E-state index contributed by atoms with van der Waals surface area (Å²) in [5, 5.41) is 5.68. The molecule has 0 saturated heterocycles. The third-order valence-electron chi connectivity index (χ3n) is 3.04. The molecule has 5 nitrogen and oxygen atoms in total. The van der Waals surface area contributed by atoms with Crippen molar-refractivity contribution in [2.45, 2.75) is 58.5 Å². The third-order valence-corrected chi connectivity index (χ3v) is 3.04. The molecule has 1 atom stereocenters. The molecule has 4 N–H and O–H groups in total. The van der Waals surface area contributed by atoms with E-state index >= 15 is 0 Å². The fourth-order valence-corrected chi connectivity index (χ4v) is 1.49. The van der Waals surface area contributed by atoms with Crippen LogP contribution in [0.3, 0.4) is 0 Å². The molecule has 1 aliphatic carbocycles. The molecule has 1 saturated carbocycles. The lowest BCUT2D eigenvalue weighted by Gasteiger charge is -2.25. The van der Waals surface area contributed by atoms with Crippen molar-refractivity contribution in [3.05, 3.63) is 0 Å². The number of nitrogens with one attached hydrogen (secondary N) is 2. The first-order valence-corrected chi connectivity index (χ1v) is 6.63. The molecule has 0 radical (unpaired) electrons. The van der Waals surface area contributed by atoms with E-state index in [1.54, 1.807) is 0 Å². The first-order valence-electron chi connectivity index (χ1n) is 6.63. The van der Waals surface area contributed by atoms with E-state index in [4.69, 9.17) is 5.73 Å². The summed E-state index contributed by atoms with van der Waals surface area (Å²) in [4.78, 5) is 23.1. The summed E-state index contributed by atoms with van der Waals surface area (Å²) in [7, 11) is 0. The quantitative estimate of drug-likeness (QED) is 0.605. The van der Waals surface area contributed by atoms with Gasteiger partial charge in [0.2, 0.25) is 11.8 Å². The molecule has 0 unspecified atom stereocenters. The summed E-state index contributed by atoms with van der Waals surface area (Å²) < 4.78 is 0. The first kappa shape index (κ1) is 15.0. The normalized spacial score (nSPS) is 17.1. The van der Waals surface area contributed by atoms with Crippen LogP contribution >= 0.6 is 0 Å². The highest BCUT2D eigenvalue weighted by Crippen LogP contribution is 2.18. The van der Waals surface area contributed by atoms with Crippen LogP contribution in [0.2, 0.25) is 0 Å². The van der Waals surface area contributed by atoms with E-state index in [0.717, 1.165) is 12.8 Å². The minimum absolute atomic E-state index is 0.0758. The summed E-state index contributed by atoms with van der Waals surface area (Å²) in [5.41, 5.74) is 5.58. The maximum Gasteiger partial charge on any atom is 0.237 e. The summed E-state index contributed by atoms with van der Waals surface area (Å²) in [6.07, 6.45) is 3.31. The molecule has 1 fully saturated rings. The Hall–Kier alpha value is -1.10.